The minimum Gasteiger partial charge on any atom is -0.432 e. The lowest BCUT2D eigenvalue weighted by atomic mass is 10.4. The van der Waals surface area contributed by atoms with Crippen molar-refractivity contribution in [3.63, 3.8) is 0 Å². The van der Waals surface area contributed by atoms with Crippen molar-refractivity contribution >= 4 is 6.01 Å². The van der Waals surface area contributed by atoms with E-state index < -0.39 is 0 Å². The molecule has 17 heavy (non-hydrogen) atoms. The maximum absolute atomic E-state index is 5.49. The molecule has 0 unspecified atom stereocenters. The smallest absolute Gasteiger partial charge is 0.297 e. The summed E-state index contributed by atoms with van der Waals surface area (Å²) in [6.45, 7) is 12.6. The Bertz CT molecular complexity index is 333. The molecule has 0 atom stereocenters. The van der Waals surface area contributed by atoms with Gasteiger partial charge in [-0.1, -0.05) is 26.8 Å². The molecule has 1 aromatic rings. The Morgan fingerprint density at radius 1 is 1.59 bits per heavy atom. The van der Waals surface area contributed by atoms with Crippen LogP contribution in [-0.4, -0.2) is 24.1 Å². The summed E-state index contributed by atoms with van der Waals surface area (Å²) in [4.78, 5) is 6.56. The zero-order chi connectivity index (χ0) is 12.7. The normalized spacial score (nSPS) is 10.8. The van der Waals surface area contributed by atoms with Gasteiger partial charge in [-0.05, 0) is 6.42 Å². The second-order valence-electron chi connectivity index (χ2n) is 4.39. The molecular formula is C13H23N3O. The van der Waals surface area contributed by atoms with Crippen LogP contribution in [-0.2, 0) is 6.54 Å². The van der Waals surface area contributed by atoms with E-state index in [1.165, 1.54) is 0 Å². The molecule has 1 aromatic heterocycles. The molecule has 4 heteroatoms. The van der Waals surface area contributed by atoms with E-state index in [1.54, 1.807) is 6.26 Å². The predicted octanol–water partition coefficient (Wildman–Crippen LogP) is 2.58. The van der Waals surface area contributed by atoms with E-state index in [0.29, 0.717) is 12.1 Å². The molecule has 1 rings (SSSR count). The van der Waals surface area contributed by atoms with Crippen molar-refractivity contribution in [2.45, 2.75) is 39.8 Å². The highest BCUT2D eigenvalue weighted by molar-refractivity contribution is 5.28. The fraction of sp³-hybridized carbons (Fsp3) is 0.615. The first-order valence-corrected chi connectivity index (χ1v) is 6.21. The summed E-state index contributed by atoms with van der Waals surface area (Å²) < 4.78 is 5.49. The Morgan fingerprint density at radius 2 is 2.35 bits per heavy atom. The first-order valence-electron chi connectivity index (χ1n) is 6.21. The van der Waals surface area contributed by atoms with E-state index in [4.69, 9.17) is 4.42 Å². The number of rotatable bonds is 8. The van der Waals surface area contributed by atoms with Gasteiger partial charge >= 0.3 is 0 Å². The van der Waals surface area contributed by atoms with Gasteiger partial charge in [0.1, 0.15) is 6.26 Å². The summed E-state index contributed by atoms with van der Waals surface area (Å²) in [6, 6.07) is 1.14. The number of nitrogens with one attached hydrogen (secondary N) is 1. The Kier molecular flexibility index (Phi) is 5.77. The average molecular weight is 237 g/mol. The Hall–Kier alpha value is -1.29. The van der Waals surface area contributed by atoms with Crippen molar-refractivity contribution in [3.05, 3.63) is 24.6 Å². The molecule has 0 aromatic carbocycles. The minimum absolute atomic E-state index is 0.454. The number of anilines is 1. The molecule has 0 radical (unpaired) electrons. The van der Waals surface area contributed by atoms with Gasteiger partial charge in [0.15, 0.2) is 0 Å². The van der Waals surface area contributed by atoms with Crippen LogP contribution < -0.4 is 10.2 Å². The van der Waals surface area contributed by atoms with E-state index in [2.05, 4.69) is 42.6 Å². The molecular weight excluding hydrogens is 214 g/mol. The van der Waals surface area contributed by atoms with Gasteiger partial charge in [0.05, 0.1) is 5.69 Å². The Balaban J connectivity index is 2.60. The van der Waals surface area contributed by atoms with Crippen molar-refractivity contribution in [2.75, 3.05) is 18.0 Å². The van der Waals surface area contributed by atoms with Crippen molar-refractivity contribution < 1.29 is 4.42 Å². The first-order chi connectivity index (χ1) is 8.17. The van der Waals surface area contributed by atoms with Gasteiger partial charge in [-0.25, -0.2) is 0 Å². The second kappa shape index (κ2) is 7.12. The third-order valence-corrected chi connectivity index (χ3v) is 2.34. The molecule has 0 aliphatic carbocycles. The third-order valence-electron chi connectivity index (χ3n) is 2.34. The van der Waals surface area contributed by atoms with Crippen LogP contribution in [0.15, 0.2) is 23.3 Å². The van der Waals surface area contributed by atoms with E-state index >= 15 is 0 Å². The molecule has 0 saturated heterocycles. The van der Waals surface area contributed by atoms with Crippen molar-refractivity contribution in [1.29, 1.82) is 0 Å². The van der Waals surface area contributed by atoms with E-state index in [1.807, 2.05) is 6.08 Å². The molecule has 0 bridgehead atoms. The van der Waals surface area contributed by atoms with Crippen molar-refractivity contribution in [2.24, 2.45) is 0 Å². The first kappa shape index (κ1) is 13.8. The van der Waals surface area contributed by atoms with Crippen molar-refractivity contribution in [3.8, 4) is 0 Å². The van der Waals surface area contributed by atoms with Gasteiger partial charge in [0, 0.05) is 25.7 Å². The zero-order valence-corrected chi connectivity index (χ0v) is 11.1. The van der Waals surface area contributed by atoms with Crippen LogP contribution in [0.5, 0.6) is 0 Å². The lowest BCUT2D eigenvalue weighted by Gasteiger charge is -2.17. The van der Waals surface area contributed by atoms with E-state index in [-0.39, 0.29) is 0 Å². The van der Waals surface area contributed by atoms with Crippen LogP contribution in [0.25, 0.3) is 0 Å². The molecule has 1 N–H and O–H groups in total. The quantitative estimate of drug-likeness (QED) is 0.706. The van der Waals surface area contributed by atoms with Crippen molar-refractivity contribution in [1.82, 2.24) is 10.3 Å². The highest BCUT2D eigenvalue weighted by Crippen LogP contribution is 2.14. The van der Waals surface area contributed by atoms with Crippen LogP contribution in [0.1, 0.15) is 32.9 Å². The molecule has 0 aliphatic heterocycles. The fourth-order valence-electron chi connectivity index (χ4n) is 1.52. The number of hydrogen-bond donors (Lipinski definition) is 1. The minimum atomic E-state index is 0.454. The SMILES string of the molecule is C=CCN(CCC)c1nc(CNC(C)C)co1. The number of nitrogens with zero attached hydrogens (tertiary/aromatic N) is 2. The molecule has 96 valence electrons. The summed E-state index contributed by atoms with van der Waals surface area (Å²) in [5.41, 5.74) is 0.943. The molecule has 4 nitrogen and oxygen atoms in total. The van der Waals surface area contributed by atoms with Crippen LogP contribution >= 0.6 is 0 Å². The fourth-order valence-corrected chi connectivity index (χ4v) is 1.52. The summed E-state index contributed by atoms with van der Waals surface area (Å²) in [6.07, 6.45) is 4.65. The van der Waals surface area contributed by atoms with Gasteiger partial charge in [0.2, 0.25) is 0 Å². The van der Waals surface area contributed by atoms with Crippen LogP contribution in [0, 0.1) is 0 Å². The molecule has 0 aliphatic rings. The summed E-state index contributed by atoms with van der Waals surface area (Å²) in [5.74, 6) is 0. The summed E-state index contributed by atoms with van der Waals surface area (Å²) >= 11 is 0. The maximum Gasteiger partial charge on any atom is 0.297 e. The standard InChI is InChI=1S/C13H23N3O/c1-5-7-16(8-6-2)13-15-12(10-17-13)9-14-11(3)4/h5,10-11,14H,1,6-9H2,2-4H3. The third kappa shape index (κ3) is 4.61. The summed E-state index contributed by atoms with van der Waals surface area (Å²) in [5, 5.41) is 3.32. The van der Waals surface area contributed by atoms with Gasteiger partial charge in [-0.15, -0.1) is 6.58 Å². The van der Waals surface area contributed by atoms with Crippen LogP contribution in [0.4, 0.5) is 6.01 Å². The maximum atomic E-state index is 5.49. The van der Waals surface area contributed by atoms with Gasteiger partial charge < -0.3 is 14.6 Å². The van der Waals surface area contributed by atoms with E-state index in [9.17, 15) is 0 Å². The number of oxazole rings is 1. The highest BCUT2D eigenvalue weighted by Gasteiger charge is 2.10. The molecule has 0 fully saturated rings. The monoisotopic (exact) mass is 237 g/mol. The second-order valence-corrected chi connectivity index (χ2v) is 4.39. The molecule has 0 spiro atoms. The van der Waals surface area contributed by atoms with Gasteiger partial charge in [-0.3, -0.25) is 0 Å². The molecule has 0 amide bonds. The van der Waals surface area contributed by atoms with Crippen LogP contribution in [0.3, 0.4) is 0 Å². The van der Waals surface area contributed by atoms with Gasteiger partial charge in [-0.2, -0.15) is 4.98 Å². The topological polar surface area (TPSA) is 41.3 Å². The molecule has 1 heterocycles. The summed E-state index contributed by atoms with van der Waals surface area (Å²) in [7, 11) is 0. The van der Waals surface area contributed by atoms with Crippen LogP contribution in [0.2, 0.25) is 0 Å². The zero-order valence-electron chi connectivity index (χ0n) is 11.1. The lowest BCUT2D eigenvalue weighted by Crippen LogP contribution is -2.25. The van der Waals surface area contributed by atoms with E-state index in [0.717, 1.165) is 31.7 Å². The number of aromatic nitrogens is 1. The number of hydrogen-bond acceptors (Lipinski definition) is 4. The predicted molar refractivity (Wildman–Crippen MR) is 71.2 cm³/mol. The lowest BCUT2D eigenvalue weighted by molar-refractivity contribution is 0.534. The Labute approximate surface area is 104 Å². The highest BCUT2D eigenvalue weighted by atomic mass is 16.4. The largest absolute Gasteiger partial charge is 0.432 e. The average Bonchev–Trinajstić information content (AvgIpc) is 2.74. The molecule has 0 saturated carbocycles. The Morgan fingerprint density at radius 3 is 2.94 bits per heavy atom. The van der Waals surface area contributed by atoms with Gasteiger partial charge in [0.25, 0.3) is 6.01 Å².